The largest absolute Gasteiger partial charge is 0.496 e. The maximum atomic E-state index is 13.0. The lowest BCUT2D eigenvalue weighted by Gasteiger charge is -2.21. The summed E-state index contributed by atoms with van der Waals surface area (Å²) in [6, 6.07) is 18.5. The van der Waals surface area contributed by atoms with Crippen LogP contribution >= 0.6 is 39.1 Å². The molecule has 0 saturated carbocycles. The first-order valence-corrected chi connectivity index (χ1v) is 12.4. The number of nitrogens with zero attached hydrogens (tertiary/aromatic N) is 1. The third-order valence-electron chi connectivity index (χ3n) is 5.05. The SMILES string of the molecule is COc1ccc(Br)cc1/C=N\NC(=O)[C@@H](Cc1ccccc1)NC(=O)[C@@H](C)Oc1ccc(Cl)cc1Cl. The number of hydrazone groups is 1. The standard InChI is InChI=1S/C26H24BrCl2N3O4/c1-16(36-24-11-9-20(28)14-21(24)29)25(33)31-22(12-17-6-4-3-5-7-17)26(34)32-30-15-18-13-19(27)8-10-23(18)35-2/h3-11,13-16,22H,12H2,1-2H3,(H,31,33)(H,32,34)/b30-15-/t16-,22-/m1/s1. The molecule has 0 saturated heterocycles. The second-order valence-corrected chi connectivity index (χ2v) is 9.47. The van der Waals surface area contributed by atoms with E-state index in [4.69, 9.17) is 32.7 Å². The molecule has 0 unspecified atom stereocenters. The van der Waals surface area contributed by atoms with E-state index in [1.807, 2.05) is 36.4 Å². The van der Waals surface area contributed by atoms with Crippen molar-refractivity contribution in [2.75, 3.05) is 7.11 Å². The van der Waals surface area contributed by atoms with Crippen molar-refractivity contribution < 1.29 is 19.1 Å². The molecule has 0 aliphatic carbocycles. The number of nitrogens with one attached hydrogen (secondary N) is 2. The molecular weight excluding hydrogens is 569 g/mol. The Kier molecular flexibility index (Phi) is 10.2. The van der Waals surface area contributed by atoms with Crippen LogP contribution in [0.25, 0.3) is 0 Å². The van der Waals surface area contributed by atoms with E-state index in [2.05, 4.69) is 31.8 Å². The molecule has 0 spiro atoms. The molecule has 2 N–H and O–H groups in total. The van der Waals surface area contributed by atoms with Crippen LogP contribution in [0.15, 0.2) is 76.3 Å². The van der Waals surface area contributed by atoms with E-state index in [1.54, 1.807) is 38.3 Å². The van der Waals surface area contributed by atoms with Gasteiger partial charge in [-0.05, 0) is 48.9 Å². The van der Waals surface area contributed by atoms with Crippen LogP contribution in [0.5, 0.6) is 11.5 Å². The van der Waals surface area contributed by atoms with Crippen molar-refractivity contribution in [3.63, 3.8) is 0 Å². The van der Waals surface area contributed by atoms with Gasteiger partial charge in [0.15, 0.2) is 6.10 Å². The lowest BCUT2D eigenvalue weighted by atomic mass is 10.1. The number of amides is 2. The summed E-state index contributed by atoms with van der Waals surface area (Å²) in [5, 5.41) is 7.53. The number of hydrogen-bond donors (Lipinski definition) is 2. The van der Waals surface area contributed by atoms with Gasteiger partial charge in [0.25, 0.3) is 11.8 Å². The van der Waals surface area contributed by atoms with Crippen molar-refractivity contribution in [1.82, 2.24) is 10.7 Å². The van der Waals surface area contributed by atoms with Crippen LogP contribution in [-0.4, -0.2) is 37.3 Å². The van der Waals surface area contributed by atoms with Gasteiger partial charge in [-0.15, -0.1) is 0 Å². The summed E-state index contributed by atoms with van der Waals surface area (Å²) in [6.45, 7) is 1.56. The molecule has 0 aliphatic heterocycles. The first kappa shape index (κ1) is 27.5. The number of ether oxygens (including phenoxy) is 2. The van der Waals surface area contributed by atoms with Gasteiger partial charge in [-0.25, -0.2) is 5.43 Å². The number of hydrogen-bond acceptors (Lipinski definition) is 5. The second kappa shape index (κ2) is 13.3. The molecule has 0 bridgehead atoms. The first-order valence-electron chi connectivity index (χ1n) is 10.9. The monoisotopic (exact) mass is 591 g/mol. The van der Waals surface area contributed by atoms with Gasteiger partial charge in [0.05, 0.1) is 18.3 Å². The summed E-state index contributed by atoms with van der Waals surface area (Å²) in [5.41, 5.74) is 4.03. The fourth-order valence-corrected chi connectivity index (χ4v) is 4.04. The Hall–Kier alpha value is -3.07. The minimum absolute atomic E-state index is 0.253. The van der Waals surface area contributed by atoms with Crippen LogP contribution in [0.2, 0.25) is 10.0 Å². The summed E-state index contributed by atoms with van der Waals surface area (Å²) in [5.74, 6) is -0.0820. The van der Waals surface area contributed by atoms with Gasteiger partial charge in [-0.1, -0.05) is 69.5 Å². The summed E-state index contributed by atoms with van der Waals surface area (Å²) in [4.78, 5) is 25.9. The van der Waals surface area contributed by atoms with E-state index in [9.17, 15) is 9.59 Å². The Morgan fingerprint density at radius 2 is 1.75 bits per heavy atom. The highest BCUT2D eigenvalue weighted by atomic mass is 79.9. The van der Waals surface area contributed by atoms with Crippen LogP contribution in [0.4, 0.5) is 0 Å². The Bertz CT molecular complexity index is 1240. The highest BCUT2D eigenvalue weighted by Gasteiger charge is 2.25. The molecule has 3 aromatic rings. The van der Waals surface area contributed by atoms with Crippen LogP contribution in [-0.2, 0) is 16.0 Å². The number of rotatable bonds is 10. The van der Waals surface area contributed by atoms with Gasteiger partial charge >= 0.3 is 0 Å². The van der Waals surface area contributed by atoms with Gasteiger partial charge in [-0.3, -0.25) is 9.59 Å². The zero-order chi connectivity index (χ0) is 26.1. The molecule has 2 amide bonds. The summed E-state index contributed by atoms with van der Waals surface area (Å²) >= 11 is 15.5. The lowest BCUT2D eigenvalue weighted by molar-refractivity contribution is -0.132. The normalized spacial score (nSPS) is 12.6. The molecule has 0 aliphatic rings. The minimum atomic E-state index is -0.927. The number of carbonyl (C=O) groups excluding carboxylic acids is 2. The van der Waals surface area contributed by atoms with Crippen molar-refractivity contribution in [1.29, 1.82) is 0 Å². The van der Waals surface area contributed by atoms with Crippen molar-refractivity contribution in [2.24, 2.45) is 5.10 Å². The summed E-state index contributed by atoms with van der Waals surface area (Å²) < 4.78 is 11.8. The van der Waals surface area contributed by atoms with Crippen molar-refractivity contribution >= 4 is 57.2 Å². The molecule has 0 radical (unpaired) electrons. The van der Waals surface area contributed by atoms with Gasteiger partial charge in [0, 0.05) is 21.5 Å². The molecule has 0 aromatic heterocycles. The predicted octanol–water partition coefficient (Wildman–Crippen LogP) is 5.41. The Labute approximate surface area is 227 Å². The first-order chi connectivity index (χ1) is 17.3. The molecule has 7 nitrogen and oxygen atoms in total. The van der Waals surface area contributed by atoms with E-state index >= 15 is 0 Å². The highest BCUT2D eigenvalue weighted by Crippen LogP contribution is 2.28. The molecule has 0 fully saturated rings. The fraction of sp³-hybridized carbons (Fsp3) is 0.192. The Morgan fingerprint density at radius 3 is 2.44 bits per heavy atom. The molecule has 0 heterocycles. The van der Waals surface area contributed by atoms with Gasteiger partial charge in [0.2, 0.25) is 0 Å². The average Bonchev–Trinajstić information content (AvgIpc) is 2.86. The van der Waals surface area contributed by atoms with Gasteiger partial charge in [-0.2, -0.15) is 5.10 Å². The van der Waals surface area contributed by atoms with Crippen LogP contribution < -0.4 is 20.2 Å². The van der Waals surface area contributed by atoms with Crippen LogP contribution in [0.1, 0.15) is 18.1 Å². The number of methoxy groups -OCH3 is 1. The number of halogens is 3. The average molecular weight is 593 g/mol. The molecule has 3 rings (SSSR count). The van der Waals surface area contributed by atoms with Gasteiger partial charge < -0.3 is 14.8 Å². The molecule has 36 heavy (non-hydrogen) atoms. The second-order valence-electron chi connectivity index (χ2n) is 7.71. The molecule has 2 atom stereocenters. The topological polar surface area (TPSA) is 89.0 Å². The maximum Gasteiger partial charge on any atom is 0.262 e. The maximum absolute atomic E-state index is 13.0. The smallest absolute Gasteiger partial charge is 0.262 e. The Morgan fingerprint density at radius 1 is 1.03 bits per heavy atom. The quantitative estimate of drug-likeness (QED) is 0.243. The van der Waals surface area contributed by atoms with E-state index in [1.165, 1.54) is 12.3 Å². The van der Waals surface area contributed by atoms with Crippen molar-refractivity contribution in [3.05, 3.63) is 92.4 Å². The zero-order valence-electron chi connectivity index (χ0n) is 19.5. The lowest BCUT2D eigenvalue weighted by Crippen LogP contribution is -2.50. The van der Waals surface area contributed by atoms with Crippen LogP contribution in [0.3, 0.4) is 0 Å². The van der Waals surface area contributed by atoms with Crippen LogP contribution in [0, 0.1) is 0 Å². The zero-order valence-corrected chi connectivity index (χ0v) is 22.6. The van der Waals surface area contributed by atoms with Crippen molar-refractivity contribution in [2.45, 2.75) is 25.5 Å². The van der Waals surface area contributed by atoms with E-state index in [0.29, 0.717) is 22.1 Å². The highest BCUT2D eigenvalue weighted by molar-refractivity contribution is 9.10. The Balaban J connectivity index is 1.71. The minimum Gasteiger partial charge on any atom is -0.496 e. The van der Waals surface area contributed by atoms with E-state index < -0.39 is 24.0 Å². The third-order valence-corrected chi connectivity index (χ3v) is 6.08. The third kappa shape index (κ3) is 7.98. The predicted molar refractivity (Wildman–Crippen MR) is 145 cm³/mol. The number of carbonyl (C=O) groups is 2. The fourth-order valence-electron chi connectivity index (χ4n) is 3.21. The summed E-state index contributed by atoms with van der Waals surface area (Å²) in [7, 11) is 1.55. The molecule has 3 aromatic carbocycles. The van der Waals surface area contributed by atoms with E-state index in [-0.39, 0.29) is 11.4 Å². The van der Waals surface area contributed by atoms with E-state index in [0.717, 1.165) is 10.0 Å². The molecule has 10 heteroatoms. The molecular formula is C26H24BrCl2N3O4. The molecule has 188 valence electrons. The van der Waals surface area contributed by atoms with Crippen molar-refractivity contribution in [3.8, 4) is 11.5 Å². The number of benzene rings is 3. The summed E-state index contributed by atoms with van der Waals surface area (Å²) in [6.07, 6.45) is 0.795. The van der Waals surface area contributed by atoms with Gasteiger partial charge in [0.1, 0.15) is 17.5 Å².